The summed E-state index contributed by atoms with van der Waals surface area (Å²) in [6.45, 7) is 2.21. The van der Waals surface area contributed by atoms with Gasteiger partial charge in [-0.3, -0.25) is 0 Å². The monoisotopic (exact) mass is 211 g/mol. The van der Waals surface area contributed by atoms with E-state index >= 15 is 0 Å². The Balaban J connectivity index is 2.36. The number of nitriles is 1. The summed E-state index contributed by atoms with van der Waals surface area (Å²) < 4.78 is 0. The summed E-state index contributed by atoms with van der Waals surface area (Å²) in [6.07, 6.45) is 6.01. The molecule has 0 spiro atoms. The number of unbranched alkanes of at least 4 members (excludes halogenated alkanes) is 4. The molecular formula is C15H17N. The van der Waals surface area contributed by atoms with Crippen molar-refractivity contribution in [1.29, 1.82) is 5.26 Å². The van der Waals surface area contributed by atoms with E-state index in [1.54, 1.807) is 12.1 Å². The first-order valence-electron chi connectivity index (χ1n) is 5.86. The summed E-state index contributed by atoms with van der Waals surface area (Å²) >= 11 is 0. The summed E-state index contributed by atoms with van der Waals surface area (Å²) in [5.41, 5.74) is 1.68. The zero-order chi connectivity index (χ0) is 11.6. The molecule has 0 aromatic heterocycles. The van der Waals surface area contributed by atoms with E-state index in [0.717, 1.165) is 12.0 Å². The average Bonchev–Trinajstić information content (AvgIpc) is 2.34. The average molecular weight is 211 g/mol. The third-order valence-corrected chi connectivity index (χ3v) is 2.40. The van der Waals surface area contributed by atoms with Gasteiger partial charge in [-0.05, 0) is 30.7 Å². The molecule has 0 aliphatic rings. The molecule has 0 saturated carbocycles. The Morgan fingerprint density at radius 2 is 1.69 bits per heavy atom. The fraction of sp³-hybridized carbons (Fsp3) is 0.400. The molecule has 0 saturated heterocycles. The van der Waals surface area contributed by atoms with Gasteiger partial charge in [-0.2, -0.15) is 5.26 Å². The molecule has 0 aliphatic heterocycles. The van der Waals surface area contributed by atoms with Crippen molar-refractivity contribution in [1.82, 2.24) is 0 Å². The Hall–Kier alpha value is -1.73. The topological polar surface area (TPSA) is 23.8 Å². The number of benzene rings is 1. The second-order valence-corrected chi connectivity index (χ2v) is 3.80. The Morgan fingerprint density at radius 3 is 2.31 bits per heavy atom. The Kier molecular flexibility index (Phi) is 5.82. The molecule has 1 heteroatoms. The first-order chi connectivity index (χ1) is 7.86. The standard InChI is InChI=1S/C15H17N/c1-2-3-4-5-6-7-8-14-9-11-15(13-16)12-10-14/h9-12H,2-6H2,1H3. The lowest BCUT2D eigenvalue weighted by Crippen LogP contribution is -1.77. The summed E-state index contributed by atoms with van der Waals surface area (Å²) in [5, 5.41) is 8.64. The highest BCUT2D eigenvalue weighted by molar-refractivity contribution is 5.39. The first-order valence-corrected chi connectivity index (χ1v) is 5.86. The molecule has 0 atom stereocenters. The molecule has 1 rings (SSSR count). The largest absolute Gasteiger partial charge is 0.192 e. The SMILES string of the molecule is CCCCCCC#Cc1ccc(C#N)cc1. The van der Waals surface area contributed by atoms with Crippen LogP contribution in [0.3, 0.4) is 0 Å². The van der Waals surface area contributed by atoms with E-state index in [4.69, 9.17) is 5.26 Å². The zero-order valence-corrected chi connectivity index (χ0v) is 9.79. The molecule has 0 radical (unpaired) electrons. The normalized spacial score (nSPS) is 9.00. The smallest absolute Gasteiger partial charge is 0.0991 e. The van der Waals surface area contributed by atoms with Gasteiger partial charge in [-0.1, -0.05) is 38.0 Å². The highest BCUT2D eigenvalue weighted by Crippen LogP contribution is 2.03. The van der Waals surface area contributed by atoms with E-state index in [1.165, 1.54) is 25.7 Å². The number of hydrogen-bond donors (Lipinski definition) is 0. The molecule has 0 N–H and O–H groups in total. The van der Waals surface area contributed by atoms with Gasteiger partial charge in [0.1, 0.15) is 0 Å². The Morgan fingerprint density at radius 1 is 1.00 bits per heavy atom. The van der Waals surface area contributed by atoms with Crippen LogP contribution in [0.4, 0.5) is 0 Å². The van der Waals surface area contributed by atoms with E-state index in [-0.39, 0.29) is 0 Å². The zero-order valence-electron chi connectivity index (χ0n) is 9.79. The second-order valence-electron chi connectivity index (χ2n) is 3.80. The van der Waals surface area contributed by atoms with Crippen molar-refractivity contribution in [2.45, 2.75) is 39.0 Å². The maximum atomic E-state index is 8.64. The van der Waals surface area contributed by atoms with E-state index in [1.807, 2.05) is 12.1 Å². The van der Waals surface area contributed by atoms with Crippen molar-refractivity contribution < 1.29 is 0 Å². The molecule has 0 aliphatic carbocycles. The molecule has 1 nitrogen and oxygen atoms in total. The fourth-order valence-electron chi connectivity index (χ4n) is 1.43. The molecule has 82 valence electrons. The van der Waals surface area contributed by atoms with Gasteiger partial charge in [0.05, 0.1) is 11.6 Å². The highest BCUT2D eigenvalue weighted by Gasteiger charge is 1.89. The molecule has 0 heterocycles. The van der Waals surface area contributed by atoms with Gasteiger partial charge in [0, 0.05) is 12.0 Å². The van der Waals surface area contributed by atoms with E-state index in [0.29, 0.717) is 5.56 Å². The summed E-state index contributed by atoms with van der Waals surface area (Å²) in [6, 6.07) is 9.51. The Labute approximate surface area is 98.1 Å². The minimum absolute atomic E-state index is 0.688. The van der Waals surface area contributed by atoms with Crippen LogP contribution in [0.1, 0.15) is 50.2 Å². The van der Waals surface area contributed by atoms with Crippen molar-refractivity contribution in [3.05, 3.63) is 35.4 Å². The lowest BCUT2D eigenvalue weighted by atomic mass is 10.1. The van der Waals surface area contributed by atoms with Gasteiger partial charge < -0.3 is 0 Å². The van der Waals surface area contributed by atoms with E-state index in [2.05, 4.69) is 24.8 Å². The van der Waals surface area contributed by atoms with Crippen LogP contribution in [0.25, 0.3) is 0 Å². The molecule has 1 aromatic carbocycles. The number of hydrogen-bond acceptors (Lipinski definition) is 1. The maximum absolute atomic E-state index is 8.64. The molecule has 0 fully saturated rings. The van der Waals surface area contributed by atoms with Crippen LogP contribution >= 0.6 is 0 Å². The maximum Gasteiger partial charge on any atom is 0.0991 e. The summed E-state index contributed by atoms with van der Waals surface area (Å²) in [4.78, 5) is 0. The van der Waals surface area contributed by atoms with Crippen LogP contribution in [-0.2, 0) is 0 Å². The minimum atomic E-state index is 0.688. The lowest BCUT2D eigenvalue weighted by molar-refractivity contribution is 0.679. The lowest BCUT2D eigenvalue weighted by Gasteiger charge is -1.92. The molecule has 16 heavy (non-hydrogen) atoms. The van der Waals surface area contributed by atoms with Crippen LogP contribution in [0.15, 0.2) is 24.3 Å². The summed E-state index contributed by atoms with van der Waals surface area (Å²) in [7, 11) is 0. The minimum Gasteiger partial charge on any atom is -0.192 e. The Bertz CT molecular complexity index is 398. The van der Waals surface area contributed by atoms with Crippen molar-refractivity contribution in [3.8, 4) is 17.9 Å². The molecular weight excluding hydrogens is 194 g/mol. The van der Waals surface area contributed by atoms with Crippen LogP contribution in [0.2, 0.25) is 0 Å². The predicted molar refractivity (Wildman–Crippen MR) is 66.8 cm³/mol. The number of nitrogens with zero attached hydrogens (tertiary/aromatic N) is 1. The third kappa shape index (κ3) is 4.67. The van der Waals surface area contributed by atoms with Crippen molar-refractivity contribution >= 4 is 0 Å². The van der Waals surface area contributed by atoms with Gasteiger partial charge in [0.25, 0.3) is 0 Å². The van der Waals surface area contributed by atoms with Crippen molar-refractivity contribution in [2.75, 3.05) is 0 Å². The molecule has 1 aromatic rings. The van der Waals surface area contributed by atoms with Gasteiger partial charge in [0.2, 0.25) is 0 Å². The molecule has 0 unspecified atom stereocenters. The van der Waals surface area contributed by atoms with Crippen LogP contribution in [0.5, 0.6) is 0 Å². The van der Waals surface area contributed by atoms with Crippen molar-refractivity contribution in [2.24, 2.45) is 0 Å². The van der Waals surface area contributed by atoms with E-state index < -0.39 is 0 Å². The van der Waals surface area contributed by atoms with Crippen LogP contribution in [0, 0.1) is 23.2 Å². The van der Waals surface area contributed by atoms with E-state index in [9.17, 15) is 0 Å². The number of rotatable bonds is 4. The van der Waals surface area contributed by atoms with Gasteiger partial charge in [-0.25, -0.2) is 0 Å². The quantitative estimate of drug-likeness (QED) is 0.547. The molecule has 0 bridgehead atoms. The highest BCUT2D eigenvalue weighted by atomic mass is 14.2. The predicted octanol–water partition coefficient (Wildman–Crippen LogP) is 3.88. The second kappa shape index (κ2) is 7.55. The van der Waals surface area contributed by atoms with Crippen LogP contribution in [-0.4, -0.2) is 0 Å². The van der Waals surface area contributed by atoms with Crippen molar-refractivity contribution in [3.63, 3.8) is 0 Å². The first kappa shape index (κ1) is 12.3. The molecule has 0 amide bonds. The summed E-state index contributed by atoms with van der Waals surface area (Å²) in [5.74, 6) is 6.28. The third-order valence-electron chi connectivity index (χ3n) is 2.40. The van der Waals surface area contributed by atoms with Crippen LogP contribution < -0.4 is 0 Å². The van der Waals surface area contributed by atoms with Gasteiger partial charge in [0.15, 0.2) is 0 Å². The van der Waals surface area contributed by atoms with Gasteiger partial charge in [-0.15, -0.1) is 0 Å². The fourth-order valence-corrected chi connectivity index (χ4v) is 1.43. The van der Waals surface area contributed by atoms with Gasteiger partial charge >= 0.3 is 0 Å².